The van der Waals surface area contributed by atoms with Gasteiger partial charge < -0.3 is 24.6 Å². The van der Waals surface area contributed by atoms with Crippen molar-refractivity contribution in [1.82, 2.24) is 5.32 Å². The van der Waals surface area contributed by atoms with Gasteiger partial charge in [-0.05, 0) is 92.8 Å². The zero-order valence-electron chi connectivity index (χ0n) is 22.7. The monoisotopic (exact) mass is 491 g/mol. The van der Waals surface area contributed by atoms with E-state index in [0.717, 1.165) is 57.2 Å². The van der Waals surface area contributed by atoms with Gasteiger partial charge in [0.05, 0.1) is 25.9 Å². The fourth-order valence-corrected chi connectivity index (χ4v) is 9.56. The second kappa shape index (κ2) is 9.25. The van der Waals surface area contributed by atoms with E-state index in [2.05, 4.69) is 33.0 Å². The van der Waals surface area contributed by atoms with Crippen molar-refractivity contribution in [3.63, 3.8) is 0 Å². The summed E-state index contributed by atoms with van der Waals surface area (Å²) in [5.74, 6) is 2.56. The zero-order valence-corrected chi connectivity index (χ0v) is 22.7. The number of carbonyl (C=O) groups is 1. The van der Waals surface area contributed by atoms with Crippen LogP contribution in [0.25, 0.3) is 0 Å². The van der Waals surface area contributed by atoms with Crippen LogP contribution in [-0.4, -0.2) is 55.4 Å². The number of methoxy groups -OCH3 is 1. The molecular weight excluding hydrogens is 442 g/mol. The Bertz CT molecular complexity index is 796. The summed E-state index contributed by atoms with van der Waals surface area (Å²) in [5, 5.41) is 15.0. The molecule has 0 unspecified atom stereocenters. The normalized spacial score (nSPS) is 45.1. The van der Waals surface area contributed by atoms with Gasteiger partial charge in [-0.15, -0.1) is 0 Å². The van der Waals surface area contributed by atoms with Crippen molar-refractivity contribution < 1.29 is 24.1 Å². The molecular formula is C29H49NO5. The molecule has 6 nitrogen and oxygen atoms in total. The van der Waals surface area contributed by atoms with Gasteiger partial charge in [-0.25, -0.2) is 0 Å². The van der Waals surface area contributed by atoms with Gasteiger partial charge in [0, 0.05) is 18.4 Å². The molecule has 1 spiro atoms. The summed E-state index contributed by atoms with van der Waals surface area (Å²) >= 11 is 0. The summed E-state index contributed by atoms with van der Waals surface area (Å²) in [4.78, 5) is 12.3. The number of fused-ring (bicyclic) bond motifs is 6. The van der Waals surface area contributed by atoms with Crippen LogP contribution in [-0.2, 0) is 19.0 Å². The number of hydrogen-bond acceptors (Lipinski definition) is 6. The van der Waals surface area contributed by atoms with Crippen LogP contribution in [0, 0.1) is 40.4 Å². The van der Waals surface area contributed by atoms with Gasteiger partial charge in [-0.3, -0.25) is 4.79 Å². The molecule has 6 heteroatoms. The van der Waals surface area contributed by atoms with E-state index in [4.69, 9.17) is 14.2 Å². The summed E-state index contributed by atoms with van der Waals surface area (Å²) in [5.41, 5.74) is -0.303. The Kier molecular flexibility index (Phi) is 6.86. The summed E-state index contributed by atoms with van der Waals surface area (Å²) in [6, 6.07) is -0.348. The maximum absolute atomic E-state index is 12.3. The first-order valence-corrected chi connectivity index (χ1v) is 14.4. The van der Waals surface area contributed by atoms with Gasteiger partial charge in [0.2, 0.25) is 0 Å². The van der Waals surface area contributed by atoms with Crippen LogP contribution < -0.4 is 5.32 Å². The average Bonchev–Trinajstić information content (AvgIpc) is 3.42. The maximum atomic E-state index is 12.3. The number of aliphatic hydroxyl groups is 1. The number of rotatable bonds is 6. The molecule has 8 atom stereocenters. The van der Waals surface area contributed by atoms with E-state index in [1.807, 2.05) is 0 Å². The highest BCUT2D eigenvalue weighted by Gasteiger charge is 2.67. The molecule has 0 aromatic carbocycles. The molecule has 4 saturated carbocycles. The first-order valence-electron chi connectivity index (χ1n) is 14.4. The molecule has 2 N–H and O–H groups in total. The smallest absolute Gasteiger partial charge is 0.322 e. The molecule has 1 saturated heterocycles. The predicted molar refractivity (Wildman–Crippen MR) is 135 cm³/mol. The molecule has 1 heterocycles. The minimum absolute atomic E-state index is 0.145. The van der Waals surface area contributed by atoms with Gasteiger partial charge in [0.25, 0.3) is 0 Å². The van der Waals surface area contributed by atoms with Crippen molar-refractivity contribution >= 4 is 5.97 Å². The van der Waals surface area contributed by atoms with E-state index < -0.39 is 5.60 Å². The highest BCUT2D eigenvalue weighted by Crippen LogP contribution is 2.69. The fourth-order valence-electron chi connectivity index (χ4n) is 9.56. The number of esters is 1. The molecule has 0 aromatic rings. The van der Waals surface area contributed by atoms with Crippen molar-refractivity contribution in [1.29, 1.82) is 0 Å². The lowest BCUT2D eigenvalue weighted by molar-refractivity contribution is -0.249. The van der Waals surface area contributed by atoms with Gasteiger partial charge in [-0.1, -0.05) is 27.7 Å². The predicted octanol–water partition coefficient (Wildman–Crippen LogP) is 4.68. The first-order chi connectivity index (χ1) is 16.6. The molecule has 0 radical (unpaired) electrons. The van der Waals surface area contributed by atoms with Gasteiger partial charge in [0.1, 0.15) is 6.04 Å². The Morgan fingerprint density at radius 3 is 2.43 bits per heavy atom. The molecule has 5 fully saturated rings. The van der Waals surface area contributed by atoms with E-state index in [1.54, 1.807) is 0 Å². The summed E-state index contributed by atoms with van der Waals surface area (Å²) < 4.78 is 17.6. The Morgan fingerprint density at radius 2 is 1.74 bits per heavy atom. The lowest BCUT2D eigenvalue weighted by atomic mass is 9.44. The lowest BCUT2D eigenvalue weighted by Crippen LogP contribution is -2.59. The van der Waals surface area contributed by atoms with E-state index in [1.165, 1.54) is 39.2 Å². The topological polar surface area (TPSA) is 77.0 Å². The minimum Gasteiger partial charge on any atom is -0.468 e. The minimum atomic E-state index is -0.744. The van der Waals surface area contributed by atoms with Crippen LogP contribution >= 0.6 is 0 Å². The summed E-state index contributed by atoms with van der Waals surface area (Å²) in [6.45, 7) is 11.2. The second-order valence-electron chi connectivity index (χ2n) is 13.6. The van der Waals surface area contributed by atoms with Crippen molar-refractivity contribution in [2.24, 2.45) is 40.4 Å². The average molecular weight is 492 g/mol. The van der Waals surface area contributed by atoms with E-state index in [-0.39, 0.29) is 23.2 Å². The quantitative estimate of drug-likeness (QED) is 0.526. The van der Waals surface area contributed by atoms with Gasteiger partial charge in [0.15, 0.2) is 5.79 Å². The Hall–Kier alpha value is -0.690. The maximum Gasteiger partial charge on any atom is 0.322 e. The number of carbonyl (C=O) groups excluding carboxylic acids is 1. The van der Waals surface area contributed by atoms with Gasteiger partial charge >= 0.3 is 5.97 Å². The first kappa shape index (κ1) is 25.9. The standard InChI is InChI=1S/C29H49NO5/c1-19(2)16-24(25(31)33-5)30-18-28(32)13-12-26(3)20(17-28)6-7-21-22(26)8-10-27(4)23(21)9-11-29(27)34-14-15-35-29/h19-24,30,32H,6-18H2,1-5H3/t20-,21+,22-,23-,24-,26-,27-,28+/m0/s1. The highest BCUT2D eigenvalue weighted by atomic mass is 16.7. The molecule has 5 aliphatic rings. The van der Waals surface area contributed by atoms with Crippen LogP contribution in [0.4, 0.5) is 0 Å². The van der Waals surface area contributed by atoms with E-state index in [0.29, 0.717) is 29.7 Å². The molecule has 35 heavy (non-hydrogen) atoms. The zero-order chi connectivity index (χ0) is 25.1. The lowest BCUT2D eigenvalue weighted by Gasteiger charge is -2.62. The number of ether oxygens (including phenoxy) is 3. The van der Waals surface area contributed by atoms with Crippen LogP contribution in [0.15, 0.2) is 0 Å². The Morgan fingerprint density at radius 1 is 1.03 bits per heavy atom. The van der Waals surface area contributed by atoms with E-state index in [9.17, 15) is 9.90 Å². The molecule has 4 aliphatic carbocycles. The third-order valence-corrected chi connectivity index (χ3v) is 11.5. The molecule has 0 amide bonds. The van der Waals surface area contributed by atoms with Crippen molar-refractivity contribution in [3.8, 4) is 0 Å². The molecule has 1 aliphatic heterocycles. The third kappa shape index (κ3) is 4.19. The van der Waals surface area contributed by atoms with Crippen molar-refractivity contribution in [2.45, 2.75) is 109 Å². The Labute approximate surface area is 212 Å². The summed E-state index contributed by atoms with van der Waals surface area (Å²) in [6.07, 6.45) is 10.7. The fraction of sp³-hybridized carbons (Fsp3) is 0.966. The Balaban J connectivity index is 1.26. The van der Waals surface area contributed by atoms with Crippen LogP contribution in [0.3, 0.4) is 0 Å². The molecule has 5 rings (SSSR count). The molecule has 0 bridgehead atoms. The number of hydrogen-bond donors (Lipinski definition) is 2. The SMILES string of the molecule is COC(=O)[C@H](CC(C)C)NC[C@@]1(O)CC[C@@]2(C)[C@@H](CC[C@@H]3[C@@H]2CC[C@@]2(C)[C@H]3CCC23OCCO3)C1. The van der Waals surface area contributed by atoms with Crippen molar-refractivity contribution in [2.75, 3.05) is 26.9 Å². The van der Waals surface area contributed by atoms with Crippen LogP contribution in [0.2, 0.25) is 0 Å². The highest BCUT2D eigenvalue weighted by molar-refractivity contribution is 5.75. The third-order valence-electron chi connectivity index (χ3n) is 11.5. The second-order valence-corrected chi connectivity index (χ2v) is 13.6. The van der Waals surface area contributed by atoms with Crippen LogP contribution in [0.1, 0.15) is 91.9 Å². The summed E-state index contributed by atoms with van der Waals surface area (Å²) in [7, 11) is 1.45. The molecule has 0 aromatic heterocycles. The molecule has 200 valence electrons. The number of nitrogens with one attached hydrogen (secondary N) is 1. The van der Waals surface area contributed by atoms with Crippen LogP contribution in [0.5, 0.6) is 0 Å². The van der Waals surface area contributed by atoms with Gasteiger partial charge in [-0.2, -0.15) is 0 Å². The largest absolute Gasteiger partial charge is 0.468 e. The van der Waals surface area contributed by atoms with Crippen molar-refractivity contribution in [3.05, 3.63) is 0 Å². The van der Waals surface area contributed by atoms with E-state index >= 15 is 0 Å².